The van der Waals surface area contributed by atoms with Gasteiger partial charge in [-0.25, -0.2) is 13.2 Å². The summed E-state index contributed by atoms with van der Waals surface area (Å²) in [5, 5.41) is 7.43. The first kappa shape index (κ1) is 29.0. The molecule has 2 bridgehead atoms. The molecule has 1 fully saturated rings. The maximum Gasteiger partial charge on any atom is 0.274 e. The predicted octanol–water partition coefficient (Wildman–Crippen LogP) is 4.39. The Morgan fingerprint density at radius 3 is 2.66 bits per heavy atom. The Kier molecular flexibility index (Phi) is 8.09. The van der Waals surface area contributed by atoms with Gasteiger partial charge in [-0.05, 0) is 32.4 Å². The van der Waals surface area contributed by atoms with Crippen molar-refractivity contribution < 1.29 is 32.3 Å². The van der Waals surface area contributed by atoms with Crippen LogP contribution in [0.4, 0.5) is 13.2 Å². The van der Waals surface area contributed by atoms with Crippen LogP contribution in [-0.2, 0) is 11.4 Å². The minimum atomic E-state index is -1.17. The largest absolute Gasteiger partial charge is 0.487 e. The van der Waals surface area contributed by atoms with E-state index in [2.05, 4.69) is 10.5 Å². The van der Waals surface area contributed by atoms with E-state index in [4.69, 9.17) is 9.57 Å². The Labute approximate surface area is 239 Å². The third-order valence-electron chi connectivity index (χ3n) is 8.02. The number of pyridine rings is 1. The summed E-state index contributed by atoms with van der Waals surface area (Å²) in [6.07, 6.45) is 6.30. The molecule has 13 heteroatoms. The second kappa shape index (κ2) is 11.4. The van der Waals surface area contributed by atoms with Crippen LogP contribution in [0.5, 0.6) is 5.75 Å². The van der Waals surface area contributed by atoms with Gasteiger partial charge in [0.1, 0.15) is 28.1 Å². The van der Waals surface area contributed by atoms with Gasteiger partial charge in [0.25, 0.3) is 11.8 Å². The molecule has 220 valence electrons. The first-order valence-electron chi connectivity index (χ1n) is 13.5. The number of halogens is 3. The van der Waals surface area contributed by atoms with Crippen LogP contribution in [-0.4, -0.2) is 57.4 Å². The van der Waals surface area contributed by atoms with E-state index in [1.807, 2.05) is 20.1 Å². The zero-order chi connectivity index (χ0) is 29.5. The standard InChI is InChI=1S/C28H31F3N4O5S/c1-4-5-8-39-25-23-27(38)34-14-21(28(7-6-15(34)2)11-22(41-3)33-40-28)35(23)13-18(24(25)36)26(37)32-12-17-19(30)9-16(29)10-20(17)31/h9-10,13,15,21H,4-8,11-12,14H2,1-3H3,(H,32,37)/t15-,21+,28-/m0/s1. The average molecular weight is 593 g/mol. The third kappa shape index (κ3) is 5.20. The molecule has 4 heterocycles. The summed E-state index contributed by atoms with van der Waals surface area (Å²) in [5.74, 6) is -4.99. The summed E-state index contributed by atoms with van der Waals surface area (Å²) in [7, 11) is 0. The van der Waals surface area contributed by atoms with Crippen LogP contribution >= 0.6 is 11.8 Å². The number of benzene rings is 1. The molecule has 5 rings (SSSR count). The number of carbonyl (C=O) groups is 2. The monoisotopic (exact) mass is 592 g/mol. The van der Waals surface area contributed by atoms with Crippen molar-refractivity contribution in [2.45, 2.75) is 70.2 Å². The summed E-state index contributed by atoms with van der Waals surface area (Å²) in [6, 6.07) is 0.381. The summed E-state index contributed by atoms with van der Waals surface area (Å²) >= 11 is 1.47. The Morgan fingerprint density at radius 1 is 1.27 bits per heavy atom. The average Bonchev–Trinajstić information content (AvgIpc) is 3.31. The van der Waals surface area contributed by atoms with Crippen molar-refractivity contribution in [3.05, 3.63) is 62.8 Å². The molecule has 1 saturated heterocycles. The summed E-state index contributed by atoms with van der Waals surface area (Å²) < 4.78 is 49.2. The van der Waals surface area contributed by atoms with Crippen LogP contribution in [0.15, 0.2) is 28.3 Å². The van der Waals surface area contributed by atoms with Crippen molar-refractivity contribution >= 4 is 28.6 Å². The third-order valence-corrected chi connectivity index (χ3v) is 8.71. The summed E-state index contributed by atoms with van der Waals surface area (Å²) in [5.41, 5.74) is -2.51. The fourth-order valence-electron chi connectivity index (χ4n) is 5.64. The van der Waals surface area contributed by atoms with Crippen LogP contribution in [0, 0.1) is 17.5 Å². The number of unbranched alkanes of at least 4 members (excludes halogenated alkanes) is 1. The second-order valence-corrected chi connectivity index (χ2v) is 11.5. The molecule has 3 atom stereocenters. The molecule has 0 aliphatic carbocycles. The van der Waals surface area contributed by atoms with Gasteiger partial charge in [0, 0.05) is 49.4 Å². The number of amides is 2. The molecule has 0 saturated carbocycles. The lowest BCUT2D eigenvalue weighted by atomic mass is 9.85. The molecule has 0 unspecified atom stereocenters. The zero-order valence-electron chi connectivity index (χ0n) is 23.0. The van der Waals surface area contributed by atoms with Gasteiger partial charge in [-0.1, -0.05) is 18.5 Å². The molecular formula is C28H31F3N4O5S. The number of nitrogens with zero attached hydrogens (tertiary/aromatic N) is 3. The molecule has 1 N–H and O–H groups in total. The van der Waals surface area contributed by atoms with Gasteiger partial charge in [-0.3, -0.25) is 14.4 Å². The van der Waals surface area contributed by atoms with Crippen molar-refractivity contribution in [3.63, 3.8) is 0 Å². The molecule has 0 radical (unpaired) electrons. The maximum atomic E-state index is 14.2. The summed E-state index contributed by atoms with van der Waals surface area (Å²) in [4.78, 5) is 48.6. The Bertz CT molecular complexity index is 1460. The van der Waals surface area contributed by atoms with Gasteiger partial charge >= 0.3 is 0 Å². The second-order valence-electron chi connectivity index (χ2n) is 10.6. The SMILES string of the molecule is CCCCOc1c2n(cc(C(=O)NCc3c(F)cc(F)cc3F)c1=O)[C@@H]1CN(C2=O)[C@@H](C)CC[C@]12CC(SC)=NO2. The van der Waals surface area contributed by atoms with E-state index >= 15 is 0 Å². The van der Waals surface area contributed by atoms with Crippen molar-refractivity contribution in [2.75, 3.05) is 19.4 Å². The molecule has 1 spiro atoms. The molecule has 3 aliphatic heterocycles. The highest BCUT2D eigenvalue weighted by atomic mass is 32.2. The van der Waals surface area contributed by atoms with E-state index in [9.17, 15) is 27.6 Å². The number of hydrogen-bond acceptors (Lipinski definition) is 7. The van der Waals surface area contributed by atoms with E-state index in [1.165, 1.54) is 18.0 Å². The molecule has 41 heavy (non-hydrogen) atoms. The van der Waals surface area contributed by atoms with Gasteiger partial charge in [0.05, 0.1) is 12.6 Å². The fourth-order valence-corrected chi connectivity index (χ4v) is 6.14. The van der Waals surface area contributed by atoms with Crippen molar-refractivity contribution in [2.24, 2.45) is 5.16 Å². The van der Waals surface area contributed by atoms with Crippen LogP contribution in [0.25, 0.3) is 0 Å². The fraction of sp³-hybridized carbons (Fsp3) is 0.500. The van der Waals surface area contributed by atoms with E-state index in [0.717, 1.165) is 11.5 Å². The first-order chi connectivity index (χ1) is 19.6. The van der Waals surface area contributed by atoms with E-state index in [-0.39, 0.29) is 42.1 Å². The van der Waals surface area contributed by atoms with Crippen molar-refractivity contribution in [3.8, 4) is 5.75 Å². The zero-order valence-corrected chi connectivity index (χ0v) is 23.8. The predicted molar refractivity (Wildman–Crippen MR) is 147 cm³/mol. The van der Waals surface area contributed by atoms with Crippen LogP contribution in [0.1, 0.15) is 78.4 Å². The van der Waals surface area contributed by atoms with Gasteiger partial charge in [0.2, 0.25) is 5.43 Å². The minimum absolute atomic E-state index is 0.0313. The molecule has 9 nitrogen and oxygen atoms in total. The Hall–Kier alpha value is -3.48. The molecule has 3 aliphatic rings. The van der Waals surface area contributed by atoms with Gasteiger partial charge in [0.15, 0.2) is 17.0 Å². The quantitative estimate of drug-likeness (QED) is 0.479. The Morgan fingerprint density at radius 2 is 2.00 bits per heavy atom. The minimum Gasteiger partial charge on any atom is -0.487 e. The van der Waals surface area contributed by atoms with Gasteiger partial charge in [-0.15, -0.1) is 11.8 Å². The molecule has 1 aromatic heterocycles. The number of thioether (sulfide) groups is 1. The lowest BCUT2D eigenvalue weighted by Gasteiger charge is -2.42. The molecular weight excluding hydrogens is 561 g/mol. The van der Waals surface area contributed by atoms with Crippen LogP contribution in [0.2, 0.25) is 0 Å². The van der Waals surface area contributed by atoms with E-state index in [1.54, 1.807) is 9.47 Å². The molecule has 1 aromatic carbocycles. The highest BCUT2D eigenvalue weighted by Gasteiger charge is 2.54. The highest BCUT2D eigenvalue weighted by Crippen LogP contribution is 2.47. The highest BCUT2D eigenvalue weighted by molar-refractivity contribution is 8.13. The smallest absolute Gasteiger partial charge is 0.274 e. The molecule has 2 aromatic rings. The van der Waals surface area contributed by atoms with Crippen LogP contribution in [0.3, 0.4) is 0 Å². The number of rotatable bonds is 7. The summed E-state index contributed by atoms with van der Waals surface area (Å²) in [6.45, 7) is 3.68. The van der Waals surface area contributed by atoms with E-state index in [0.29, 0.717) is 37.8 Å². The number of ether oxygens (including phenoxy) is 1. The lowest BCUT2D eigenvalue weighted by Crippen LogP contribution is -2.52. The van der Waals surface area contributed by atoms with Gasteiger partial charge < -0.3 is 24.4 Å². The Balaban J connectivity index is 1.60. The number of oxime groups is 1. The number of aromatic nitrogens is 1. The van der Waals surface area contributed by atoms with E-state index < -0.39 is 52.5 Å². The maximum absolute atomic E-state index is 14.2. The van der Waals surface area contributed by atoms with Gasteiger partial charge in [-0.2, -0.15) is 0 Å². The number of fused-ring (bicyclic) bond motifs is 5. The molecule has 2 amide bonds. The number of nitrogens with one attached hydrogen (secondary N) is 1. The normalized spacial score (nSPS) is 23.1. The lowest BCUT2D eigenvalue weighted by molar-refractivity contribution is -0.0656. The topological polar surface area (TPSA) is 102 Å². The first-order valence-corrected chi connectivity index (χ1v) is 14.8. The van der Waals surface area contributed by atoms with Crippen LogP contribution < -0.4 is 15.5 Å². The number of carbonyl (C=O) groups excluding carboxylic acids is 2. The van der Waals surface area contributed by atoms with Crippen molar-refractivity contribution in [1.29, 1.82) is 0 Å². The van der Waals surface area contributed by atoms with Crippen molar-refractivity contribution in [1.82, 2.24) is 14.8 Å². The number of hydrogen-bond donors (Lipinski definition) is 1.